The maximum atomic E-state index is 6.40. The maximum Gasteiger partial charge on any atom is 0.191 e. The van der Waals surface area contributed by atoms with Gasteiger partial charge in [0.1, 0.15) is 11.5 Å². The molecule has 3 aromatic rings. The minimum Gasteiger partial charge on any atom is -0.306 e. The summed E-state index contributed by atoms with van der Waals surface area (Å²) in [6.45, 7) is 8.40. The van der Waals surface area contributed by atoms with Crippen molar-refractivity contribution in [1.29, 1.82) is 0 Å². The molecule has 0 amide bonds. The highest BCUT2D eigenvalue weighted by Gasteiger charge is 2.12. The molecule has 3 rings (SSSR count). The van der Waals surface area contributed by atoms with Gasteiger partial charge < -0.3 is 4.57 Å². The van der Waals surface area contributed by atoms with Crippen LogP contribution in [0.5, 0.6) is 0 Å². The quantitative estimate of drug-likeness (QED) is 0.494. The number of pyridine rings is 1. The Hall–Kier alpha value is -1.59. The van der Waals surface area contributed by atoms with E-state index in [1.54, 1.807) is 18.1 Å². The Morgan fingerprint density at radius 1 is 1.26 bits per heavy atom. The van der Waals surface area contributed by atoms with Crippen molar-refractivity contribution >= 4 is 34.3 Å². The lowest BCUT2D eigenvalue weighted by atomic mass is 10.0. The van der Waals surface area contributed by atoms with Crippen LogP contribution in [0, 0.1) is 13.8 Å². The zero-order valence-corrected chi connectivity index (χ0v) is 15.2. The van der Waals surface area contributed by atoms with Gasteiger partial charge in [-0.2, -0.15) is 0 Å². The van der Waals surface area contributed by atoms with Gasteiger partial charge in [-0.05, 0) is 44.9 Å². The van der Waals surface area contributed by atoms with E-state index >= 15 is 0 Å². The number of aromatic nitrogens is 4. The van der Waals surface area contributed by atoms with E-state index in [9.17, 15) is 0 Å². The van der Waals surface area contributed by atoms with Crippen LogP contribution in [0.15, 0.2) is 29.7 Å². The number of hydrogen-bond acceptors (Lipinski definition) is 4. The molecule has 0 atom stereocenters. The Bertz CT molecular complexity index is 857. The summed E-state index contributed by atoms with van der Waals surface area (Å²) in [7, 11) is 0. The Morgan fingerprint density at radius 2 is 2.04 bits per heavy atom. The molecule has 0 saturated carbocycles. The third kappa shape index (κ3) is 3.21. The number of nitrogens with zero attached hydrogens (tertiary/aromatic N) is 4. The van der Waals surface area contributed by atoms with Gasteiger partial charge in [0.05, 0.1) is 5.52 Å². The molecule has 0 N–H and O–H groups in total. The number of rotatable bonds is 4. The lowest BCUT2D eigenvalue weighted by molar-refractivity contribution is 0.549. The van der Waals surface area contributed by atoms with Crippen molar-refractivity contribution in [2.24, 2.45) is 0 Å². The summed E-state index contributed by atoms with van der Waals surface area (Å²) in [5.74, 6) is 0.722. The van der Waals surface area contributed by atoms with E-state index in [1.165, 1.54) is 11.1 Å². The van der Waals surface area contributed by atoms with Gasteiger partial charge in [0.15, 0.2) is 5.16 Å². The van der Waals surface area contributed by atoms with Crippen molar-refractivity contribution in [3.05, 3.63) is 46.4 Å². The summed E-state index contributed by atoms with van der Waals surface area (Å²) < 4.78 is 2.06. The molecule has 4 nitrogen and oxygen atoms in total. The average Bonchev–Trinajstić information content (AvgIpc) is 2.98. The van der Waals surface area contributed by atoms with Crippen LogP contribution in [0.2, 0.25) is 5.15 Å². The number of halogens is 1. The van der Waals surface area contributed by atoms with Crippen molar-refractivity contribution in [2.75, 3.05) is 0 Å². The predicted octanol–water partition coefficient (Wildman–Crippen LogP) is 4.97. The maximum absolute atomic E-state index is 6.40. The van der Waals surface area contributed by atoms with E-state index in [2.05, 4.69) is 65.6 Å². The molecule has 0 spiro atoms. The van der Waals surface area contributed by atoms with Crippen molar-refractivity contribution in [2.45, 2.75) is 44.6 Å². The predicted molar refractivity (Wildman–Crippen MR) is 96.2 cm³/mol. The van der Waals surface area contributed by atoms with E-state index in [0.717, 1.165) is 27.4 Å². The summed E-state index contributed by atoms with van der Waals surface area (Å²) in [5.41, 5.74) is 4.41. The van der Waals surface area contributed by atoms with Crippen LogP contribution in [0.1, 0.15) is 36.6 Å². The van der Waals surface area contributed by atoms with Crippen LogP contribution < -0.4 is 0 Å². The highest BCUT2D eigenvalue weighted by molar-refractivity contribution is 7.98. The Balaban J connectivity index is 1.90. The molecule has 0 aliphatic heterocycles. The number of thioether (sulfide) groups is 1. The third-order valence-electron chi connectivity index (χ3n) is 3.99. The molecule has 0 aliphatic rings. The fourth-order valence-electron chi connectivity index (χ4n) is 2.44. The Kier molecular flexibility index (Phi) is 4.60. The second-order valence-corrected chi connectivity index (χ2v) is 7.22. The topological polar surface area (TPSA) is 43.6 Å². The SMILES string of the molecule is Cc1ccc2cc(CSc3nncn3C(C)C)c(Cl)nc2c1C. The first-order valence-electron chi connectivity index (χ1n) is 7.55. The smallest absolute Gasteiger partial charge is 0.191 e. The fraction of sp³-hybridized carbons (Fsp3) is 0.353. The number of fused-ring (bicyclic) bond motifs is 1. The second-order valence-electron chi connectivity index (χ2n) is 5.92. The molecular weight excluding hydrogens is 328 g/mol. The van der Waals surface area contributed by atoms with Gasteiger partial charge in [-0.3, -0.25) is 0 Å². The first-order chi connectivity index (χ1) is 11.0. The molecular formula is C17H19ClN4S. The Morgan fingerprint density at radius 3 is 2.78 bits per heavy atom. The zero-order valence-electron chi connectivity index (χ0n) is 13.7. The molecule has 2 heterocycles. The van der Waals surface area contributed by atoms with E-state index < -0.39 is 0 Å². The van der Waals surface area contributed by atoms with Gasteiger partial charge in [-0.25, -0.2) is 4.98 Å². The van der Waals surface area contributed by atoms with Gasteiger partial charge in [0, 0.05) is 22.7 Å². The lowest BCUT2D eigenvalue weighted by Crippen LogP contribution is -2.01. The molecule has 0 fully saturated rings. The van der Waals surface area contributed by atoms with Crippen LogP contribution in [0.4, 0.5) is 0 Å². The molecule has 2 aromatic heterocycles. The second kappa shape index (κ2) is 6.49. The molecule has 0 unspecified atom stereocenters. The zero-order chi connectivity index (χ0) is 16.6. The van der Waals surface area contributed by atoms with Crippen molar-refractivity contribution in [1.82, 2.24) is 19.7 Å². The van der Waals surface area contributed by atoms with Crippen LogP contribution in [-0.4, -0.2) is 19.7 Å². The molecule has 120 valence electrons. The van der Waals surface area contributed by atoms with Gasteiger partial charge in [-0.15, -0.1) is 10.2 Å². The van der Waals surface area contributed by atoms with E-state index in [0.29, 0.717) is 11.2 Å². The van der Waals surface area contributed by atoms with Gasteiger partial charge in [0.2, 0.25) is 0 Å². The monoisotopic (exact) mass is 346 g/mol. The summed E-state index contributed by atoms with van der Waals surface area (Å²) in [6, 6.07) is 6.69. The lowest BCUT2D eigenvalue weighted by Gasteiger charge is -2.11. The highest BCUT2D eigenvalue weighted by Crippen LogP contribution is 2.29. The summed E-state index contributed by atoms with van der Waals surface area (Å²) >= 11 is 8.03. The van der Waals surface area contributed by atoms with Crippen LogP contribution in [0.25, 0.3) is 10.9 Å². The van der Waals surface area contributed by atoms with Crippen molar-refractivity contribution < 1.29 is 0 Å². The first kappa shape index (κ1) is 16.3. The van der Waals surface area contributed by atoms with Crippen LogP contribution in [0.3, 0.4) is 0 Å². The summed E-state index contributed by atoms with van der Waals surface area (Å²) in [4.78, 5) is 4.60. The molecule has 6 heteroatoms. The fourth-order valence-corrected chi connectivity index (χ4v) is 3.74. The molecule has 23 heavy (non-hydrogen) atoms. The summed E-state index contributed by atoms with van der Waals surface area (Å²) in [5, 5.41) is 10.8. The minimum absolute atomic E-state index is 0.336. The van der Waals surface area contributed by atoms with Gasteiger partial charge in [-0.1, -0.05) is 35.5 Å². The average molecular weight is 347 g/mol. The molecule has 0 saturated heterocycles. The molecule has 0 radical (unpaired) electrons. The summed E-state index contributed by atoms with van der Waals surface area (Å²) in [6.07, 6.45) is 1.76. The van der Waals surface area contributed by atoms with E-state index in [-0.39, 0.29) is 0 Å². The number of aryl methyl sites for hydroxylation is 2. The Labute approximate surface area is 145 Å². The number of hydrogen-bond donors (Lipinski definition) is 0. The highest BCUT2D eigenvalue weighted by atomic mass is 35.5. The van der Waals surface area contributed by atoms with Crippen molar-refractivity contribution in [3.63, 3.8) is 0 Å². The molecule has 1 aromatic carbocycles. The normalized spacial score (nSPS) is 11.6. The van der Waals surface area contributed by atoms with Gasteiger partial charge >= 0.3 is 0 Å². The minimum atomic E-state index is 0.336. The number of benzene rings is 1. The standard InChI is InChI=1S/C17H19ClN4S/c1-10(2)22-9-19-21-17(22)23-8-14-7-13-6-5-11(3)12(4)15(13)20-16(14)18/h5-7,9-10H,8H2,1-4H3. The van der Waals surface area contributed by atoms with E-state index in [1.807, 2.05) is 0 Å². The molecule has 0 bridgehead atoms. The largest absolute Gasteiger partial charge is 0.306 e. The van der Waals surface area contributed by atoms with Crippen LogP contribution in [-0.2, 0) is 5.75 Å². The first-order valence-corrected chi connectivity index (χ1v) is 8.91. The van der Waals surface area contributed by atoms with Crippen molar-refractivity contribution in [3.8, 4) is 0 Å². The van der Waals surface area contributed by atoms with Crippen LogP contribution >= 0.6 is 23.4 Å². The van der Waals surface area contributed by atoms with E-state index in [4.69, 9.17) is 11.6 Å². The third-order valence-corrected chi connectivity index (χ3v) is 5.32. The van der Waals surface area contributed by atoms with Gasteiger partial charge in [0.25, 0.3) is 0 Å². The molecule has 0 aliphatic carbocycles.